The molecule has 3 N–H and O–H groups in total. The molecule has 0 saturated carbocycles. The van der Waals surface area contributed by atoms with Gasteiger partial charge in [0.25, 0.3) is 0 Å². The van der Waals surface area contributed by atoms with Crippen LogP contribution >= 0.6 is 0 Å². The fourth-order valence-corrected chi connectivity index (χ4v) is 2.03. The van der Waals surface area contributed by atoms with E-state index >= 15 is 0 Å². The highest BCUT2D eigenvalue weighted by atomic mass is 16.5. The van der Waals surface area contributed by atoms with Gasteiger partial charge in [-0.05, 0) is 40.0 Å². The second kappa shape index (κ2) is 2.98. The highest BCUT2D eigenvalue weighted by molar-refractivity contribution is 4.95. The van der Waals surface area contributed by atoms with Crippen LogP contribution in [0.25, 0.3) is 0 Å². The Morgan fingerprint density at radius 1 is 1.33 bits per heavy atom. The molecular weight excluding hydrogens is 152 g/mol. The van der Waals surface area contributed by atoms with Crippen LogP contribution in [0, 0.1) is 0 Å². The zero-order valence-corrected chi connectivity index (χ0v) is 8.30. The standard InChI is InChI=1S/C9H20N2O/c1-8(2)5-4-6-9(3,7-10)11(8)12/h12H,4-7,10H2,1-3H3. The van der Waals surface area contributed by atoms with Gasteiger partial charge in [-0.15, -0.1) is 0 Å². The molecule has 0 aliphatic carbocycles. The molecule has 1 aliphatic rings. The summed E-state index contributed by atoms with van der Waals surface area (Å²) in [6.07, 6.45) is 3.18. The van der Waals surface area contributed by atoms with E-state index in [-0.39, 0.29) is 11.1 Å². The Morgan fingerprint density at radius 3 is 2.33 bits per heavy atom. The minimum Gasteiger partial charge on any atom is -0.329 e. The van der Waals surface area contributed by atoms with Crippen molar-refractivity contribution in [2.75, 3.05) is 6.54 Å². The zero-order valence-electron chi connectivity index (χ0n) is 8.30. The minimum absolute atomic E-state index is 0.119. The molecule has 12 heavy (non-hydrogen) atoms. The molecule has 1 rings (SSSR count). The van der Waals surface area contributed by atoms with E-state index in [0.717, 1.165) is 19.3 Å². The summed E-state index contributed by atoms with van der Waals surface area (Å²) in [6.45, 7) is 6.65. The van der Waals surface area contributed by atoms with Gasteiger partial charge in [0.15, 0.2) is 0 Å². The van der Waals surface area contributed by atoms with Gasteiger partial charge < -0.3 is 10.9 Å². The summed E-state index contributed by atoms with van der Waals surface area (Å²) in [5.41, 5.74) is 5.31. The van der Waals surface area contributed by atoms with Crippen LogP contribution in [-0.4, -0.2) is 27.9 Å². The van der Waals surface area contributed by atoms with Gasteiger partial charge >= 0.3 is 0 Å². The average Bonchev–Trinajstić information content (AvgIpc) is 2.00. The monoisotopic (exact) mass is 172 g/mol. The maximum Gasteiger partial charge on any atom is 0.0560 e. The summed E-state index contributed by atoms with van der Waals surface area (Å²) < 4.78 is 0. The third-order valence-corrected chi connectivity index (χ3v) is 3.03. The largest absolute Gasteiger partial charge is 0.329 e. The highest BCUT2D eigenvalue weighted by Gasteiger charge is 2.42. The Balaban J connectivity index is 2.79. The highest BCUT2D eigenvalue weighted by Crippen LogP contribution is 2.35. The van der Waals surface area contributed by atoms with Crippen molar-refractivity contribution in [1.82, 2.24) is 5.06 Å². The van der Waals surface area contributed by atoms with Crippen molar-refractivity contribution in [1.29, 1.82) is 0 Å². The number of nitrogens with two attached hydrogens (primary N) is 1. The molecule has 0 spiro atoms. The van der Waals surface area contributed by atoms with Crippen molar-refractivity contribution in [3.63, 3.8) is 0 Å². The third-order valence-electron chi connectivity index (χ3n) is 3.03. The van der Waals surface area contributed by atoms with Crippen molar-refractivity contribution in [2.45, 2.75) is 51.1 Å². The van der Waals surface area contributed by atoms with E-state index in [9.17, 15) is 5.21 Å². The summed E-state index contributed by atoms with van der Waals surface area (Å²) in [7, 11) is 0. The molecule has 1 atom stereocenters. The van der Waals surface area contributed by atoms with Gasteiger partial charge in [0.2, 0.25) is 0 Å². The number of piperidine rings is 1. The van der Waals surface area contributed by atoms with E-state index in [1.165, 1.54) is 5.06 Å². The average molecular weight is 172 g/mol. The van der Waals surface area contributed by atoms with Crippen molar-refractivity contribution in [3.05, 3.63) is 0 Å². The molecule has 1 fully saturated rings. The molecule has 1 heterocycles. The lowest BCUT2D eigenvalue weighted by molar-refractivity contribution is -0.244. The lowest BCUT2D eigenvalue weighted by Crippen LogP contribution is -2.61. The van der Waals surface area contributed by atoms with Gasteiger partial charge in [0.1, 0.15) is 0 Å². The number of hydrogen-bond acceptors (Lipinski definition) is 3. The molecular formula is C9H20N2O. The predicted octanol–water partition coefficient (Wildman–Crippen LogP) is 1.36. The lowest BCUT2D eigenvalue weighted by atomic mass is 9.81. The molecule has 0 amide bonds. The Morgan fingerprint density at radius 2 is 1.92 bits per heavy atom. The Hall–Kier alpha value is -0.120. The first-order chi connectivity index (χ1) is 5.42. The van der Waals surface area contributed by atoms with Gasteiger partial charge in [0.05, 0.1) is 5.54 Å². The number of nitrogens with zero attached hydrogens (tertiary/aromatic N) is 1. The molecule has 0 aromatic rings. The van der Waals surface area contributed by atoms with Crippen molar-refractivity contribution < 1.29 is 5.21 Å². The van der Waals surface area contributed by atoms with Crippen molar-refractivity contribution in [2.24, 2.45) is 5.73 Å². The van der Waals surface area contributed by atoms with Gasteiger partial charge in [-0.3, -0.25) is 0 Å². The molecule has 3 nitrogen and oxygen atoms in total. The molecule has 0 aromatic heterocycles. The van der Waals surface area contributed by atoms with Crippen LogP contribution in [0.2, 0.25) is 0 Å². The molecule has 72 valence electrons. The van der Waals surface area contributed by atoms with Gasteiger partial charge in [-0.25, -0.2) is 0 Å². The predicted molar refractivity (Wildman–Crippen MR) is 49.0 cm³/mol. The fraction of sp³-hybridized carbons (Fsp3) is 1.00. The van der Waals surface area contributed by atoms with Crippen molar-refractivity contribution in [3.8, 4) is 0 Å². The molecule has 0 aromatic carbocycles. The maximum atomic E-state index is 9.91. The molecule has 1 saturated heterocycles. The second-order valence-electron chi connectivity index (χ2n) is 4.68. The van der Waals surface area contributed by atoms with E-state index in [1.807, 2.05) is 6.92 Å². The van der Waals surface area contributed by atoms with Crippen LogP contribution in [0.15, 0.2) is 0 Å². The first-order valence-corrected chi connectivity index (χ1v) is 4.62. The molecule has 0 bridgehead atoms. The molecule has 1 aliphatic heterocycles. The summed E-state index contributed by atoms with van der Waals surface area (Å²) in [5, 5.41) is 11.4. The SMILES string of the molecule is CC1(C)CCCC(C)(CN)N1O. The summed E-state index contributed by atoms with van der Waals surface area (Å²) in [5.74, 6) is 0. The quantitative estimate of drug-likeness (QED) is 0.628. The van der Waals surface area contributed by atoms with Crippen LogP contribution < -0.4 is 5.73 Å². The fourth-order valence-electron chi connectivity index (χ4n) is 2.03. The number of hydroxylamine groups is 2. The number of rotatable bonds is 1. The second-order valence-corrected chi connectivity index (χ2v) is 4.68. The summed E-state index contributed by atoms with van der Waals surface area (Å²) in [4.78, 5) is 0. The van der Waals surface area contributed by atoms with Crippen LogP contribution in [0.4, 0.5) is 0 Å². The van der Waals surface area contributed by atoms with Crippen LogP contribution in [0.5, 0.6) is 0 Å². The zero-order chi connectivity index (χ0) is 9.41. The Kier molecular flexibility index (Phi) is 2.47. The first kappa shape index (κ1) is 9.96. The van der Waals surface area contributed by atoms with Crippen LogP contribution in [0.3, 0.4) is 0 Å². The minimum atomic E-state index is -0.220. The Bertz CT molecular complexity index is 170. The van der Waals surface area contributed by atoms with E-state index in [2.05, 4.69) is 13.8 Å². The molecule has 1 unspecified atom stereocenters. The van der Waals surface area contributed by atoms with Crippen molar-refractivity contribution >= 4 is 0 Å². The summed E-state index contributed by atoms with van der Waals surface area (Å²) >= 11 is 0. The van der Waals surface area contributed by atoms with Crippen LogP contribution in [0.1, 0.15) is 40.0 Å². The normalized spacial score (nSPS) is 36.8. The van der Waals surface area contributed by atoms with Gasteiger partial charge in [-0.1, -0.05) is 0 Å². The van der Waals surface area contributed by atoms with Gasteiger partial charge in [-0.2, -0.15) is 5.06 Å². The first-order valence-electron chi connectivity index (χ1n) is 4.62. The van der Waals surface area contributed by atoms with E-state index in [0.29, 0.717) is 6.54 Å². The Labute approximate surface area is 74.5 Å². The number of hydrogen-bond donors (Lipinski definition) is 2. The van der Waals surface area contributed by atoms with E-state index in [1.54, 1.807) is 0 Å². The van der Waals surface area contributed by atoms with Gasteiger partial charge in [0, 0.05) is 12.1 Å². The van der Waals surface area contributed by atoms with E-state index < -0.39 is 0 Å². The van der Waals surface area contributed by atoms with E-state index in [4.69, 9.17) is 5.73 Å². The third kappa shape index (κ3) is 1.49. The molecule has 3 heteroatoms. The summed E-state index contributed by atoms with van der Waals surface area (Å²) in [6, 6.07) is 0. The lowest BCUT2D eigenvalue weighted by Gasteiger charge is -2.49. The smallest absolute Gasteiger partial charge is 0.0560 e. The molecule has 0 radical (unpaired) electrons. The van der Waals surface area contributed by atoms with Crippen LogP contribution in [-0.2, 0) is 0 Å². The topological polar surface area (TPSA) is 49.5 Å². The maximum absolute atomic E-state index is 9.91.